The summed E-state index contributed by atoms with van der Waals surface area (Å²) in [6.07, 6.45) is 1.41. The molecule has 2 rings (SSSR count). The maximum atomic E-state index is 11.7. The van der Waals surface area contributed by atoms with Gasteiger partial charge in [-0.3, -0.25) is 9.59 Å². The van der Waals surface area contributed by atoms with Crippen LogP contribution in [0.15, 0.2) is 48.5 Å². The van der Waals surface area contributed by atoms with E-state index in [9.17, 15) is 14.2 Å². The molecule has 0 aromatic heterocycles. The van der Waals surface area contributed by atoms with Gasteiger partial charge in [0.25, 0.3) is 0 Å². The van der Waals surface area contributed by atoms with Crippen molar-refractivity contribution in [3.05, 3.63) is 59.7 Å². The molecule has 0 N–H and O–H groups in total. The van der Waals surface area contributed by atoms with Gasteiger partial charge in [-0.1, -0.05) is 0 Å². The number of benzene rings is 2. The van der Waals surface area contributed by atoms with Crippen LogP contribution in [0.25, 0.3) is 0 Å². The quantitative estimate of drug-likeness (QED) is 0.602. The van der Waals surface area contributed by atoms with Gasteiger partial charge in [0.15, 0.2) is 11.5 Å². The lowest BCUT2D eigenvalue weighted by atomic mass is 10.2. The molecule has 2 aromatic carbocycles. The Morgan fingerprint density at radius 3 is 1.35 bits per heavy atom. The summed E-state index contributed by atoms with van der Waals surface area (Å²) in [6, 6.07) is 12.3. The number of aldehydes is 2. The van der Waals surface area contributed by atoms with Gasteiger partial charge in [-0.15, -0.1) is 0 Å². The fourth-order valence-corrected chi connectivity index (χ4v) is 2.03. The van der Waals surface area contributed by atoms with Gasteiger partial charge in [0.05, 0.1) is 0 Å². The molecule has 0 heterocycles. The zero-order chi connectivity index (χ0) is 14.4. The Kier molecular flexibility index (Phi) is 4.58. The van der Waals surface area contributed by atoms with Crippen molar-refractivity contribution in [3.8, 4) is 11.5 Å². The second-order valence-electron chi connectivity index (χ2n) is 3.78. The third-order valence-electron chi connectivity index (χ3n) is 2.39. The second kappa shape index (κ2) is 6.59. The first-order chi connectivity index (χ1) is 9.71. The molecular formula is C14H10O5P+. The first kappa shape index (κ1) is 13.9. The second-order valence-corrected chi connectivity index (χ2v) is 4.59. The Labute approximate surface area is 116 Å². The van der Waals surface area contributed by atoms with Gasteiger partial charge < -0.3 is 0 Å². The van der Waals surface area contributed by atoms with Crippen LogP contribution in [0.3, 0.4) is 0 Å². The van der Waals surface area contributed by atoms with Crippen LogP contribution >= 0.6 is 8.25 Å². The van der Waals surface area contributed by atoms with Crippen molar-refractivity contribution in [2.45, 2.75) is 0 Å². The highest BCUT2D eigenvalue weighted by molar-refractivity contribution is 7.34. The van der Waals surface area contributed by atoms with E-state index in [1.807, 2.05) is 0 Å². The summed E-state index contributed by atoms with van der Waals surface area (Å²) in [5.74, 6) is 0.669. The first-order valence-corrected chi connectivity index (χ1v) is 6.74. The van der Waals surface area contributed by atoms with Crippen LogP contribution in [0.4, 0.5) is 0 Å². The molecule has 0 saturated heterocycles. The summed E-state index contributed by atoms with van der Waals surface area (Å²) in [7, 11) is -2.39. The topological polar surface area (TPSA) is 69.7 Å². The third kappa shape index (κ3) is 3.73. The fourth-order valence-electron chi connectivity index (χ4n) is 1.41. The molecule has 0 saturated carbocycles. The average molecular weight is 289 g/mol. The van der Waals surface area contributed by atoms with Crippen molar-refractivity contribution in [1.82, 2.24) is 0 Å². The van der Waals surface area contributed by atoms with Crippen LogP contribution in [0, 0.1) is 0 Å². The lowest BCUT2D eigenvalue weighted by Gasteiger charge is -1.95. The third-order valence-corrected chi connectivity index (χ3v) is 3.11. The number of carbonyl (C=O) groups excluding carboxylic acids is 2. The summed E-state index contributed by atoms with van der Waals surface area (Å²) in [5, 5.41) is 0. The van der Waals surface area contributed by atoms with Gasteiger partial charge in [0, 0.05) is 15.7 Å². The van der Waals surface area contributed by atoms with Crippen LogP contribution in [0.5, 0.6) is 11.5 Å². The maximum Gasteiger partial charge on any atom is 0.805 e. The molecule has 0 spiro atoms. The molecule has 0 aliphatic heterocycles. The Morgan fingerprint density at radius 1 is 0.700 bits per heavy atom. The molecule has 0 aliphatic carbocycles. The molecule has 0 aliphatic rings. The Morgan fingerprint density at radius 2 is 1.05 bits per heavy atom. The normalized spacial score (nSPS) is 9.60. The minimum Gasteiger partial charge on any atom is -0.298 e. The van der Waals surface area contributed by atoms with E-state index in [1.165, 1.54) is 24.3 Å². The monoisotopic (exact) mass is 289 g/mol. The Bertz CT molecular complexity index is 564. The molecule has 0 atom stereocenters. The highest BCUT2D eigenvalue weighted by Crippen LogP contribution is 2.30. The minimum atomic E-state index is -2.39. The van der Waals surface area contributed by atoms with E-state index in [0.29, 0.717) is 35.2 Å². The van der Waals surface area contributed by atoms with Gasteiger partial charge in [-0.05, 0) is 48.5 Å². The molecule has 100 valence electrons. The highest BCUT2D eigenvalue weighted by atomic mass is 31.1. The van der Waals surface area contributed by atoms with Crippen molar-refractivity contribution in [2.24, 2.45) is 0 Å². The van der Waals surface area contributed by atoms with Gasteiger partial charge in [0.1, 0.15) is 12.6 Å². The fraction of sp³-hybridized carbons (Fsp3) is 0. The van der Waals surface area contributed by atoms with Crippen LogP contribution in [0.1, 0.15) is 20.7 Å². The molecular weight excluding hydrogens is 279 g/mol. The van der Waals surface area contributed by atoms with Crippen LogP contribution in [-0.4, -0.2) is 12.6 Å². The highest BCUT2D eigenvalue weighted by Gasteiger charge is 2.23. The van der Waals surface area contributed by atoms with E-state index in [1.54, 1.807) is 24.3 Å². The number of hydrogen-bond acceptors (Lipinski definition) is 5. The zero-order valence-electron chi connectivity index (χ0n) is 10.3. The van der Waals surface area contributed by atoms with E-state index in [0.717, 1.165) is 0 Å². The van der Waals surface area contributed by atoms with Crippen molar-refractivity contribution >= 4 is 20.8 Å². The van der Waals surface area contributed by atoms with Crippen molar-refractivity contribution in [1.29, 1.82) is 0 Å². The first-order valence-electron chi connectivity index (χ1n) is 5.65. The zero-order valence-corrected chi connectivity index (χ0v) is 11.2. The molecule has 2 aromatic rings. The van der Waals surface area contributed by atoms with E-state index in [2.05, 4.69) is 0 Å². The van der Waals surface area contributed by atoms with E-state index >= 15 is 0 Å². The number of hydrogen-bond donors (Lipinski definition) is 0. The summed E-state index contributed by atoms with van der Waals surface area (Å²) in [4.78, 5) is 21.0. The summed E-state index contributed by atoms with van der Waals surface area (Å²) in [6.45, 7) is 0. The average Bonchev–Trinajstić information content (AvgIpc) is 2.49. The van der Waals surface area contributed by atoms with Crippen molar-refractivity contribution < 1.29 is 23.2 Å². The Balaban J connectivity index is 1.96. The molecule has 5 nitrogen and oxygen atoms in total. The molecule has 0 fully saturated rings. The largest absolute Gasteiger partial charge is 0.805 e. The smallest absolute Gasteiger partial charge is 0.298 e. The van der Waals surface area contributed by atoms with Gasteiger partial charge in [0.2, 0.25) is 0 Å². The lowest BCUT2D eigenvalue weighted by Crippen LogP contribution is -1.90. The standard InChI is InChI=1S/C14H10O5P/c15-9-11-1-5-13(6-2-11)18-20(17)19-14-7-3-12(10-16)4-8-14/h1-10H/q+1. The summed E-state index contributed by atoms with van der Waals surface area (Å²) in [5.41, 5.74) is 0.996. The van der Waals surface area contributed by atoms with Crippen molar-refractivity contribution in [2.75, 3.05) is 0 Å². The number of carbonyl (C=O) groups is 2. The van der Waals surface area contributed by atoms with Gasteiger partial charge in [-0.25, -0.2) is 9.05 Å². The molecule has 20 heavy (non-hydrogen) atoms. The Hall–Kier alpha value is -2.52. The summed E-state index contributed by atoms with van der Waals surface area (Å²) >= 11 is 0. The van der Waals surface area contributed by atoms with Crippen LogP contribution in [-0.2, 0) is 4.57 Å². The summed E-state index contributed by atoms with van der Waals surface area (Å²) < 4.78 is 21.8. The predicted molar refractivity (Wildman–Crippen MR) is 72.5 cm³/mol. The molecule has 0 bridgehead atoms. The molecule has 0 radical (unpaired) electrons. The van der Waals surface area contributed by atoms with E-state index in [-0.39, 0.29) is 0 Å². The molecule has 0 amide bonds. The number of rotatable bonds is 6. The molecule has 6 heteroatoms. The lowest BCUT2D eigenvalue weighted by molar-refractivity contribution is 0.111. The van der Waals surface area contributed by atoms with Crippen molar-refractivity contribution in [3.63, 3.8) is 0 Å². The van der Waals surface area contributed by atoms with E-state index in [4.69, 9.17) is 9.05 Å². The van der Waals surface area contributed by atoms with Crippen LogP contribution < -0.4 is 9.05 Å². The predicted octanol–water partition coefficient (Wildman–Crippen LogP) is 3.43. The maximum absolute atomic E-state index is 11.7. The molecule has 0 unspecified atom stereocenters. The minimum absolute atomic E-state index is 0.334. The van der Waals surface area contributed by atoms with Gasteiger partial charge >= 0.3 is 8.25 Å². The van der Waals surface area contributed by atoms with Gasteiger partial charge in [-0.2, -0.15) is 0 Å². The van der Waals surface area contributed by atoms with E-state index < -0.39 is 8.25 Å². The van der Waals surface area contributed by atoms with Crippen LogP contribution in [0.2, 0.25) is 0 Å². The SMILES string of the molecule is O=Cc1ccc(O[P+](=O)Oc2ccc(C=O)cc2)cc1.